The molecule has 3 heteroatoms. The lowest BCUT2D eigenvalue weighted by atomic mass is 10.1. The lowest BCUT2D eigenvalue weighted by molar-refractivity contribution is 0.116. The molecule has 0 spiro atoms. The van der Waals surface area contributed by atoms with Gasteiger partial charge < -0.3 is 10.2 Å². The molecule has 1 atom stereocenters. The van der Waals surface area contributed by atoms with Crippen molar-refractivity contribution in [2.75, 3.05) is 45.8 Å². The van der Waals surface area contributed by atoms with Crippen molar-refractivity contribution in [2.24, 2.45) is 5.92 Å². The topological polar surface area (TPSA) is 18.5 Å². The summed E-state index contributed by atoms with van der Waals surface area (Å²) in [6.07, 6.45) is 2.75. The van der Waals surface area contributed by atoms with Crippen LogP contribution in [0.15, 0.2) is 0 Å². The first-order valence-corrected chi connectivity index (χ1v) is 6.92. The maximum Gasteiger partial charge on any atom is 0.0195 e. The molecule has 3 nitrogen and oxygen atoms in total. The molecule has 2 aliphatic heterocycles. The Balaban J connectivity index is 1.64. The first-order valence-electron chi connectivity index (χ1n) is 6.92. The van der Waals surface area contributed by atoms with E-state index >= 15 is 0 Å². The fraction of sp³-hybridized carbons (Fsp3) is 1.00. The minimum atomic E-state index is 0.775. The molecule has 2 fully saturated rings. The van der Waals surface area contributed by atoms with Gasteiger partial charge in [0.2, 0.25) is 0 Å². The van der Waals surface area contributed by atoms with Crippen molar-refractivity contribution in [2.45, 2.75) is 32.7 Å². The van der Waals surface area contributed by atoms with Gasteiger partial charge in [0.15, 0.2) is 0 Å². The zero-order chi connectivity index (χ0) is 11.4. The minimum Gasteiger partial charge on any atom is -0.313 e. The lowest BCUT2D eigenvalue weighted by Crippen LogP contribution is -2.50. The predicted molar refractivity (Wildman–Crippen MR) is 68.7 cm³/mol. The first-order chi connectivity index (χ1) is 7.74. The van der Waals surface area contributed by atoms with Crippen LogP contribution in [0.3, 0.4) is 0 Å². The first kappa shape index (κ1) is 12.3. The SMILES string of the molecule is CC(C)CN1CCN(C[C@@H]2CCCN2)CC1. The quantitative estimate of drug-likeness (QED) is 0.770. The number of rotatable bonds is 4. The van der Waals surface area contributed by atoms with Gasteiger partial charge in [-0.15, -0.1) is 0 Å². The highest BCUT2D eigenvalue weighted by Crippen LogP contribution is 2.10. The van der Waals surface area contributed by atoms with Gasteiger partial charge in [-0.25, -0.2) is 0 Å². The van der Waals surface area contributed by atoms with E-state index in [2.05, 4.69) is 29.0 Å². The summed E-state index contributed by atoms with van der Waals surface area (Å²) in [7, 11) is 0. The minimum absolute atomic E-state index is 0.775. The van der Waals surface area contributed by atoms with E-state index in [0.29, 0.717) is 0 Å². The highest BCUT2D eigenvalue weighted by molar-refractivity contribution is 4.81. The monoisotopic (exact) mass is 225 g/mol. The van der Waals surface area contributed by atoms with Crippen molar-refractivity contribution in [1.29, 1.82) is 0 Å². The molecule has 0 radical (unpaired) electrons. The molecular weight excluding hydrogens is 198 g/mol. The number of hydrogen-bond donors (Lipinski definition) is 1. The molecule has 2 heterocycles. The standard InChI is InChI=1S/C13H27N3/c1-12(2)10-15-6-8-16(9-7-15)11-13-4-3-5-14-13/h12-14H,3-11H2,1-2H3/t13-/m0/s1. The summed E-state index contributed by atoms with van der Waals surface area (Å²) in [6, 6.07) is 0.775. The molecule has 0 unspecified atom stereocenters. The number of hydrogen-bond acceptors (Lipinski definition) is 3. The van der Waals surface area contributed by atoms with E-state index in [9.17, 15) is 0 Å². The third kappa shape index (κ3) is 3.72. The summed E-state index contributed by atoms with van der Waals surface area (Å²) >= 11 is 0. The zero-order valence-electron chi connectivity index (χ0n) is 10.9. The van der Waals surface area contributed by atoms with Crippen LogP contribution in [0, 0.1) is 5.92 Å². The Kier molecular flexibility index (Phi) is 4.62. The molecule has 2 saturated heterocycles. The number of nitrogens with zero attached hydrogens (tertiary/aromatic N) is 2. The van der Waals surface area contributed by atoms with Crippen LogP contribution >= 0.6 is 0 Å². The predicted octanol–water partition coefficient (Wildman–Crippen LogP) is 1.01. The molecule has 0 amide bonds. The largest absolute Gasteiger partial charge is 0.313 e. The Morgan fingerprint density at radius 3 is 2.38 bits per heavy atom. The van der Waals surface area contributed by atoms with Crippen LogP contribution in [0.5, 0.6) is 0 Å². The molecule has 0 aromatic carbocycles. The molecule has 0 bridgehead atoms. The van der Waals surface area contributed by atoms with Crippen molar-refractivity contribution in [3.63, 3.8) is 0 Å². The summed E-state index contributed by atoms with van der Waals surface area (Å²) in [5.74, 6) is 0.808. The average molecular weight is 225 g/mol. The number of piperazine rings is 1. The maximum absolute atomic E-state index is 3.59. The van der Waals surface area contributed by atoms with Crippen LogP contribution in [-0.2, 0) is 0 Å². The van der Waals surface area contributed by atoms with Crippen LogP contribution in [-0.4, -0.2) is 61.7 Å². The summed E-state index contributed by atoms with van der Waals surface area (Å²) in [6.45, 7) is 13.5. The van der Waals surface area contributed by atoms with Gasteiger partial charge in [0, 0.05) is 45.3 Å². The van der Waals surface area contributed by atoms with Crippen molar-refractivity contribution < 1.29 is 0 Å². The summed E-state index contributed by atoms with van der Waals surface area (Å²) in [4.78, 5) is 5.25. The van der Waals surface area contributed by atoms with Crippen LogP contribution < -0.4 is 5.32 Å². The van der Waals surface area contributed by atoms with E-state index in [4.69, 9.17) is 0 Å². The van der Waals surface area contributed by atoms with Crippen molar-refractivity contribution in [3.8, 4) is 0 Å². The van der Waals surface area contributed by atoms with Gasteiger partial charge in [-0.2, -0.15) is 0 Å². The summed E-state index contributed by atoms with van der Waals surface area (Å²) in [5.41, 5.74) is 0. The highest BCUT2D eigenvalue weighted by Gasteiger charge is 2.21. The Morgan fingerprint density at radius 2 is 1.81 bits per heavy atom. The van der Waals surface area contributed by atoms with Crippen LogP contribution in [0.4, 0.5) is 0 Å². The second kappa shape index (κ2) is 5.99. The fourth-order valence-corrected chi connectivity index (χ4v) is 2.90. The number of nitrogens with one attached hydrogen (secondary N) is 1. The van der Waals surface area contributed by atoms with Crippen LogP contribution in [0.1, 0.15) is 26.7 Å². The zero-order valence-corrected chi connectivity index (χ0v) is 10.9. The molecule has 94 valence electrons. The van der Waals surface area contributed by atoms with E-state index in [0.717, 1.165) is 12.0 Å². The van der Waals surface area contributed by atoms with Gasteiger partial charge >= 0.3 is 0 Å². The normalized spacial score (nSPS) is 29.1. The van der Waals surface area contributed by atoms with Crippen molar-refractivity contribution >= 4 is 0 Å². The van der Waals surface area contributed by atoms with Crippen LogP contribution in [0.2, 0.25) is 0 Å². The van der Waals surface area contributed by atoms with Crippen molar-refractivity contribution in [3.05, 3.63) is 0 Å². The van der Waals surface area contributed by atoms with Gasteiger partial charge in [-0.3, -0.25) is 4.90 Å². The van der Waals surface area contributed by atoms with E-state index < -0.39 is 0 Å². The third-order valence-corrected chi connectivity index (χ3v) is 3.73. The maximum atomic E-state index is 3.59. The van der Waals surface area contributed by atoms with Gasteiger partial charge in [-0.1, -0.05) is 13.8 Å². The molecule has 2 rings (SSSR count). The molecule has 0 aromatic heterocycles. The highest BCUT2D eigenvalue weighted by atomic mass is 15.3. The molecule has 0 saturated carbocycles. The Labute approximate surface area is 100 Å². The van der Waals surface area contributed by atoms with Crippen LogP contribution in [0.25, 0.3) is 0 Å². The van der Waals surface area contributed by atoms with E-state index in [-0.39, 0.29) is 0 Å². The average Bonchev–Trinajstić information content (AvgIpc) is 2.73. The lowest BCUT2D eigenvalue weighted by Gasteiger charge is -2.36. The molecule has 2 aliphatic rings. The second-order valence-corrected chi connectivity index (χ2v) is 5.79. The molecule has 1 N–H and O–H groups in total. The van der Waals surface area contributed by atoms with Gasteiger partial charge in [0.05, 0.1) is 0 Å². The fourth-order valence-electron chi connectivity index (χ4n) is 2.90. The van der Waals surface area contributed by atoms with Gasteiger partial charge in [0.25, 0.3) is 0 Å². The Bertz CT molecular complexity index is 191. The van der Waals surface area contributed by atoms with E-state index in [1.807, 2.05) is 0 Å². The smallest absolute Gasteiger partial charge is 0.0195 e. The van der Waals surface area contributed by atoms with Crippen molar-refractivity contribution in [1.82, 2.24) is 15.1 Å². The second-order valence-electron chi connectivity index (χ2n) is 5.79. The molecule has 0 aromatic rings. The summed E-state index contributed by atoms with van der Waals surface area (Å²) in [5, 5.41) is 3.59. The molecule has 16 heavy (non-hydrogen) atoms. The Morgan fingerprint density at radius 1 is 1.12 bits per heavy atom. The van der Waals surface area contributed by atoms with Gasteiger partial charge in [0.1, 0.15) is 0 Å². The molecule has 0 aliphatic carbocycles. The van der Waals surface area contributed by atoms with E-state index in [1.54, 1.807) is 0 Å². The van der Waals surface area contributed by atoms with Gasteiger partial charge in [-0.05, 0) is 25.3 Å². The summed E-state index contributed by atoms with van der Waals surface area (Å²) < 4.78 is 0. The van der Waals surface area contributed by atoms with E-state index in [1.165, 1.54) is 58.7 Å². The third-order valence-electron chi connectivity index (χ3n) is 3.73. The molecular formula is C13H27N3. The Hall–Kier alpha value is -0.120.